The molecule has 1 heterocycles. The van der Waals surface area contributed by atoms with Crippen LogP contribution in [-0.4, -0.2) is 27.4 Å². The summed E-state index contributed by atoms with van der Waals surface area (Å²) in [7, 11) is 0. The van der Waals surface area contributed by atoms with Gasteiger partial charge in [0.25, 0.3) is 0 Å². The SMILES string of the molecule is O=C(/C=C/c1cn(Cc2ccccc2)nn1)NCC1(c2ccccc2)CCC1. The first-order valence-electron chi connectivity index (χ1n) is 9.69. The normalized spacial score (nSPS) is 15.3. The molecule has 2 aromatic carbocycles. The van der Waals surface area contributed by atoms with E-state index in [0.717, 1.165) is 18.4 Å². The number of hydrogen-bond donors (Lipinski definition) is 1. The van der Waals surface area contributed by atoms with E-state index in [1.807, 2.05) is 42.6 Å². The molecule has 5 heteroatoms. The maximum atomic E-state index is 12.3. The molecular weight excluding hydrogens is 348 g/mol. The van der Waals surface area contributed by atoms with Gasteiger partial charge in [-0.25, -0.2) is 4.68 Å². The zero-order valence-corrected chi connectivity index (χ0v) is 15.8. The van der Waals surface area contributed by atoms with E-state index in [2.05, 4.69) is 39.9 Å². The van der Waals surface area contributed by atoms with Gasteiger partial charge in [-0.2, -0.15) is 0 Å². The Kier molecular flexibility index (Phi) is 5.33. The molecule has 1 saturated carbocycles. The summed E-state index contributed by atoms with van der Waals surface area (Å²) in [5.74, 6) is -0.0974. The third-order valence-electron chi connectivity index (χ3n) is 5.45. The Bertz CT molecular complexity index is 943. The molecule has 0 aliphatic heterocycles. The molecule has 142 valence electrons. The molecule has 1 aromatic heterocycles. The number of nitrogens with one attached hydrogen (secondary N) is 1. The van der Waals surface area contributed by atoms with Crippen molar-refractivity contribution in [3.63, 3.8) is 0 Å². The van der Waals surface area contributed by atoms with Crippen molar-refractivity contribution in [2.45, 2.75) is 31.2 Å². The highest BCUT2D eigenvalue weighted by molar-refractivity contribution is 5.91. The molecular formula is C23H24N4O. The zero-order chi connectivity index (χ0) is 19.2. The Morgan fingerprint density at radius 1 is 1.07 bits per heavy atom. The van der Waals surface area contributed by atoms with Crippen molar-refractivity contribution < 1.29 is 4.79 Å². The molecule has 4 rings (SSSR count). The first-order chi connectivity index (χ1) is 13.7. The molecule has 1 aliphatic carbocycles. The Morgan fingerprint density at radius 2 is 1.79 bits per heavy atom. The van der Waals surface area contributed by atoms with Crippen LogP contribution < -0.4 is 5.32 Å². The lowest BCUT2D eigenvalue weighted by Gasteiger charge is -2.42. The van der Waals surface area contributed by atoms with Crippen LogP contribution in [0.3, 0.4) is 0 Å². The van der Waals surface area contributed by atoms with Crippen molar-refractivity contribution in [2.24, 2.45) is 0 Å². The van der Waals surface area contributed by atoms with Crippen molar-refractivity contribution >= 4 is 12.0 Å². The summed E-state index contributed by atoms with van der Waals surface area (Å²) < 4.78 is 1.77. The average Bonchev–Trinajstić information content (AvgIpc) is 3.14. The lowest BCUT2D eigenvalue weighted by atomic mass is 9.64. The van der Waals surface area contributed by atoms with Gasteiger partial charge in [0.15, 0.2) is 0 Å². The third kappa shape index (κ3) is 4.19. The van der Waals surface area contributed by atoms with E-state index in [-0.39, 0.29) is 11.3 Å². The summed E-state index contributed by atoms with van der Waals surface area (Å²) in [4.78, 5) is 12.3. The number of amides is 1. The van der Waals surface area contributed by atoms with Crippen LogP contribution in [0.1, 0.15) is 36.1 Å². The van der Waals surface area contributed by atoms with Gasteiger partial charge in [0.2, 0.25) is 5.91 Å². The molecule has 0 unspecified atom stereocenters. The van der Waals surface area contributed by atoms with E-state index in [9.17, 15) is 4.79 Å². The molecule has 0 radical (unpaired) electrons. The number of carbonyl (C=O) groups is 1. The van der Waals surface area contributed by atoms with Gasteiger partial charge in [-0.05, 0) is 30.0 Å². The standard InChI is InChI=1S/C23H24N4O/c28-22(24-18-23(14-7-15-23)20-10-5-2-6-11-20)13-12-21-17-27(26-25-21)16-19-8-3-1-4-9-19/h1-6,8-13,17H,7,14-16,18H2,(H,24,28)/b13-12+. The van der Waals surface area contributed by atoms with E-state index >= 15 is 0 Å². The van der Waals surface area contributed by atoms with E-state index in [0.29, 0.717) is 18.8 Å². The van der Waals surface area contributed by atoms with Crippen molar-refractivity contribution in [2.75, 3.05) is 6.54 Å². The van der Waals surface area contributed by atoms with Crippen LogP contribution in [0, 0.1) is 0 Å². The Labute approximate surface area is 165 Å². The fourth-order valence-corrected chi connectivity index (χ4v) is 3.68. The van der Waals surface area contributed by atoms with Crippen LogP contribution in [-0.2, 0) is 16.8 Å². The molecule has 0 saturated heterocycles. The quantitative estimate of drug-likeness (QED) is 0.645. The van der Waals surface area contributed by atoms with Gasteiger partial charge in [-0.15, -0.1) is 5.10 Å². The van der Waals surface area contributed by atoms with Crippen LogP contribution in [0.25, 0.3) is 6.08 Å². The number of carbonyl (C=O) groups excluding carboxylic acids is 1. The van der Waals surface area contributed by atoms with Crippen LogP contribution in [0.5, 0.6) is 0 Å². The summed E-state index contributed by atoms with van der Waals surface area (Å²) in [6.45, 7) is 1.33. The third-order valence-corrected chi connectivity index (χ3v) is 5.45. The topological polar surface area (TPSA) is 59.8 Å². The predicted octanol–water partition coefficient (Wildman–Crippen LogP) is 3.58. The van der Waals surface area contributed by atoms with E-state index in [1.165, 1.54) is 18.1 Å². The molecule has 1 N–H and O–H groups in total. The van der Waals surface area contributed by atoms with Gasteiger partial charge in [0.1, 0.15) is 5.69 Å². The molecule has 1 amide bonds. The minimum absolute atomic E-state index is 0.0869. The van der Waals surface area contributed by atoms with Crippen LogP contribution in [0.4, 0.5) is 0 Å². The highest BCUT2D eigenvalue weighted by atomic mass is 16.1. The Balaban J connectivity index is 1.32. The fraction of sp³-hybridized carbons (Fsp3) is 0.261. The lowest BCUT2D eigenvalue weighted by Crippen LogP contribution is -2.45. The van der Waals surface area contributed by atoms with Crippen molar-refractivity contribution in [1.29, 1.82) is 0 Å². The largest absolute Gasteiger partial charge is 0.352 e. The maximum Gasteiger partial charge on any atom is 0.244 e. The molecule has 5 nitrogen and oxygen atoms in total. The van der Waals surface area contributed by atoms with Crippen molar-refractivity contribution in [1.82, 2.24) is 20.3 Å². The van der Waals surface area contributed by atoms with Crippen molar-refractivity contribution in [3.05, 3.63) is 89.8 Å². The highest BCUT2D eigenvalue weighted by Crippen LogP contribution is 2.43. The van der Waals surface area contributed by atoms with E-state index in [1.54, 1.807) is 10.8 Å². The molecule has 28 heavy (non-hydrogen) atoms. The zero-order valence-electron chi connectivity index (χ0n) is 15.8. The number of aromatic nitrogens is 3. The fourth-order valence-electron chi connectivity index (χ4n) is 3.68. The van der Waals surface area contributed by atoms with Gasteiger partial charge in [0, 0.05) is 18.0 Å². The van der Waals surface area contributed by atoms with Gasteiger partial charge >= 0.3 is 0 Å². The number of benzene rings is 2. The molecule has 1 aliphatic rings. The average molecular weight is 372 g/mol. The summed E-state index contributed by atoms with van der Waals surface area (Å²) in [6.07, 6.45) is 8.54. The van der Waals surface area contributed by atoms with Crippen molar-refractivity contribution in [3.8, 4) is 0 Å². The highest BCUT2D eigenvalue weighted by Gasteiger charge is 2.38. The molecule has 0 atom stereocenters. The first-order valence-corrected chi connectivity index (χ1v) is 9.69. The molecule has 0 bridgehead atoms. The van der Waals surface area contributed by atoms with Gasteiger partial charge < -0.3 is 5.32 Å². The second-order valence-corrected chi connectivity index (χ2v) is 7.38. The molecule has 3 aromatic rings. The lowest BCUT2D eigenvalue weighted by molar-refractivity contribution is -0.116. The van der Waals surface area contributed by atoms with Gasteiger partial charge in [0.05, 0.1) is 12.7 Å². The van der Waals surface area contributed by atoms with E-state index in [4.69, 9.17) is 0 Å². The minimum atomic E-state index is -0.0974. The van der Waals surface area contributed by atoms with E-state index < -0.39 is 0 Å². The smallest absolute Gasteiger partial charge is 0.244 e. The minimum Gasteiger partial charge on any atom is -0.352 e. The maximum absolute atomic E-state index is 12.3. The van der Waals surface area contributed by atoms with Gasteiger partial charge in [-0.1, -0.05) is 72.3 Å². The Hall–Kier alpha value is -3.21. The summed E-state index contributed by atoms with van der Waals surface area (Å²) in [6, 6.07) is 20.6. The predicted molar refractivity (Wildman–Crippen MR) is 110 cm³/mol. The molecule has 0 spiro atoms. The molecule has 1 fully saturated rings. The monoisotopic (exact) mass is 372 g/mol. The number of hydrogen-bond acceptors (Lipinski definition) is 3. The summed E-state index contributed by atoms with van der Waals surface area (Å²) >= 11 is 0. The summed E-state index contributed by atoms with van der Waals surface area (Å²) in [5.41, 5.74) is 3.23. The first kappa shape index (κ1) is 18.2. The second-order valence-electron chi connectivity index (χ2n) is 7.38. The van der Waals surface area contributed by atoms with Crippen LogP contribution in [0.2, 0.25) is 0 Å². The van der Waals surface area contributed by atoms with Gasteiger partial charge in [-0.3, -0.25) is 4.79 Å². The number of rotatable bonds is 7. The second kappa shape index (κ2) is 8.21. The van der Waals surface area contributed by atoms with Crippen LogP contribution in [0.15, 0.2) is 72.9 Å². The van der Waals surface area contributed by atoms with Crippen LogP contribution >= 0.6 is 0 Å². The Morgan fingerprint density at radius 3 is 2.46 bits per heavy atom. The number of nitrogens with zero attached hydrogens (tertiary/aromatic N) is 3. The summed E-state index contributed by atoms with van der Waals surface area (Å²) in [5, 5.41) is 11.3.